The van der Waals surface area contributed by atoms with Crippen molar-refractivity contribution in [3.63, 3.8) is 0 Å². The van der Waals surface area contributed by atoms with Gasteiger partial charge in [0.2, 0.25) is 0 Å². The number of hydrogen-bond donors (Lipinski definition) is 2. The van der Waals surface area contributed by atoms with Crippen LogP contribution in [0.1, 0.15) is 63.6 Å². The van der Waals surface area contributed by atoms with E-state index in [4.69, 9.17) is 4.74 Å². The molecule has 4 heteroatoms. The molecular weight excluding hydrogens is 372 g/mol. The molecule has 2 aromatic carbocycles. The van der Waals surface area contributed by atoms with E-state index >= 15 is 0 Å². The second kappa shape index (κ2) is 11.4. The minimum atomic E-state index is -0.596. The van der Waals surface area contributed by atoms with Crippen molar-refractivity contribution in [1.82, 2.24) is 5.32 Å². The minimum absolute atomic E-state index is 0.126. The Labute approximate surface area is 182 Å². The van der Waals surface area contributed by atoms with Crippen molar-refractivity contribution < 1.29 is 9.84 Å². The molecule has 0 spiro atoms. The van der Waals surface area contributed by atoms with Gasteiger partial charge in [0, 0.05) is 31.2 Å². The standard InChI is InChI=1S/C26H38N2O2/c1-4-30-22-14-12-21(13-15-22)19-26(29)27-24(18-20(2)3)23-10-6-7-11-25(23)28-16-8-5-9-17-28/h6-7,10-15,20,24,26-27,29H,4-5,8-9,16-19H2,1-3H3. The van der Waals surface area contributed by atoms with E-state index < -0.39 is 6.23 Å². The van der Waals surface area contributed by atoms with E-state index in [9.17, 15) is 5.11 Å². The zero-order chi connectivity index (χ0) is 21.3. The first-order valence-corrected chi connectivity index (χ1v) is 11.6. The number of benzene rings is 2. The van der Waals surface area contributed by atoms with Crippen LogP contribution in [0, 0.1) is 5.92 Å². The Hall–Kier alpha value is -2.04. The fourth-order valence-electron chi connectivity index (χ4n) is 4.36. The lowest BCUT2D eigenvalue weighted by Gasteiger charge is -2.34. The number of nitrogens with one attached hydrogen (secondary N) is 1. The predicted octanol–water partition coefficient (Wildman–Crippen LogP) is 5.31. The zero-order valence-corrected chi connectivity index (χ0v) is 18.8. The van der Waals surface area contributed by atoms with Gasteiger partial charge in [0.25, 0.3) is 0 Å². The first kappa shape index (κ1) is 22.6. The van der Waals surface area contributed by atoms with Crippen LogP contribution in [-0.2, 0) is 6.42 Å². The maximum atomic E-state index is 10.9. The molecule has 4 nitrogen and oxygen atoms in total. The molecule has 0 radical (unpaired) electrons. The second-order valence-electron chi connectivity index (χ2n) is 8.75. The van der Waals surface area contributed by atoms with E-state index in [1.807, 2.05) is 31.2 Å². The number of anilines is 1. The van der Waals surface area contributed by atoms with Crippen LogP contribution in [0.2, 0.25) is 0 Å². The van der Waals surface area contributed by atoms with Crippen molar-refractivity contribution in [3.05, 3.63) is 59.7 Å². The predicted molar refractivity (Wildman–Crippen MR) is 125 cm³/mol. The third-order valence-corrected chi connectivity index (χ3v) is 5.77. The van der Waals surface area contributed by atoms with E-state index in [2.05, 4.69) is 48.3 Å². The molecule has 1 aliphatic heterocycles. The van der Waals surface area contributed by atoms with Crippen LogP contribution in [-0.4, -0.2) is 31.0 Å². The molecule has 2 aromatic rings. The van der Waals surface area contributed by atoms with Crippen LogP contribution in [0.15, 0.2) is 48.5 Å². The monoisotopic (exact) mass is 410 g/mol. The molecule has 0 aromatic heterocycles. The average molecular weight is 411 g/mol. The molecule has 2 unspecified atom stereocenters. The van der Waals surface area contributed by atoms with Gasteiger partial charge in [-0.05, 0) is 67.9 Å². The van der Waals surface area contributed by atoms with Crippen LogP contribution in [0.5, 0.6) is 5.75 Å². The molecule has 3 rings (SSSR count). The summed E-state index contributed by atoms with van der Waals surface area (Å²) in [6, 6.07) is 16.9. The lowest BCUT2D eigenvalue weighted by molar-refractivity contribution is 0.117. The molecule has 1 fully saturated rings. The van der Waals surface area contributed by atoms with Crippen LogP contribution in [0.3, 0.4) is 0 Å². The molecule has 1 heterocycles. The molecule has 0 amide bonds. The highest BCUT2D eigenvalue weighted by Crippen LogP contribution is 2.32. The number of ether oxygens (including phenoxy) is 1. The fraction of sp³-hybridized carbons (Fsp3) is 0.538. The van der Waals surface area contributed by atoms with Crippen molar-refractivity contribution in [3.8, 4) is 5.75 Å². The molecule has 0 saturated carbocycles. The molecule has 164 valence electrons. The summed E-state index contributed by atoms with van der Waals surface area (Å²) in [7, 11) is 0. The van der Waals surface area contributed by atoms with Gasteiger partial charge in [-0.25, -0.2) is 0 Å². The SMILES string of the molecule is CCOc1ccc(CC(O)NC(CC(C)C)c2ccccc2N2CCCCC2)cc1. The van der Waals surface area contributed by atoms with Gasteiger partial charge in [0.15, 0.2) is 0 Å². The van der Waals surface area contributed by atoms with E-state index in [0.29, 0.717) is 18.9 Å². The molecule has 30 heavy (non-hydrogen) atoms. The van der Waals surface area contributed by atoms with Gasteiger partial charge in [-0.2, -0.15) is 0 Å². The Morgan fingerprint density at radius 2 is 1.70 bits per heavy atom. The first-order chi connectivity index (χ1) is 14.6. The Balaban J connectivity index is 1.73. The van der Waals surface area contributed by atoms with Crippen LogP contribution >= 0.6 is 0 Å². The third-order valence-electron chi connectivity index (χ3n) is 5.77. The summed E-state index contributed by atoms with van der Waals surface area (Å²) in [5.41, 5.74) is 3.73. The summed E-state index contributed by atoms with van der Waals surface area (Å²) in [4.78, 5) is 2.52. The molecule has 0 aliphatic carbocycles. The zero-order valence-electron chi connectivity index (χ0n) is 18.8. The van der Waals surface area contributed by atoms with Crippen molar-refractivity contribution in [2.45, 2.75) is 65.1 Å². The lowest BCUT2D eigenvalue weighted by atomic mass is 9.94. The average Bonchev–Trinajstić information content (AvgIpc) is 2.75. The maximum Gasteiger partial charge on any atom is 0.119 e. The molecule has 2 N–H and O–H groups in total. The van der Waals surface area contributed by atoms with Gasteiger partial charge in [0.1, 0.15) is 12.0 Å². The van der Waals surface area contributed by atoms with E-state index in [-0.39, 0.29) is 6.04 Å². The van der Waals surface area contributed by atoms with Gasteiger partial charge < -0.3 is 14.7 Å². The number of rotatable bonds is 10. The van der Waals surface area contributed by atoms with Crippen molar-refractivity contribution in [1.29, 1.82) is 0 Å². The first-order valence-electron chi connectivity index (χ1n) is 11.6. The molecule has 1 aliphatic rings. The summed E-state index contributed by atoms with van der Waals surface area (Å²) in [5.74, 6) is 1.41. The largest absolute Gasteiger partial charge is 0.494 e. The van der Waals surface area contributed by atoms with E-state index in [1.54, 1.807) is 0 Å². The Morgan fingerprint density at radius 3 is 2.37 bits per heavy atom. The van der Waals surface area contributed by atoms with E-state index in [1.165, 1.54) is 30.5 Å². The lowest BCUT2D eigenvalue weighted by Crippen LogP contribution is -2.37. The summed E-state index contributed by atoms with van der Waals surface area (Å²) < 4.78 is 5.52. The number of nitrogens with zero attached hydrogens (tertiary/aromatic N) is 1. The van der Waals surface area contributed by atoms with Crippen LogP contribution in [0.4, 0.5) is 5.69 Å². The number of aliphatic hydroxyl groups is 1. The smallest absolute Gasteiger partial charge is 0.119 e. The normalized spacial score (nSPS) is 16.5. The fourth-order valence-corrected chi connectivity index (χ4v) is 4.36. The third kappa shape index (κ3) is 6.48. The van der Waals surface area contributed by atoms with Gasteiger partial charge in [-0.15, -0.1) is 0 Å². The van der Waals surface area contributed by atoms with Gasteiger partial charge in [0.05, 0.1) is 6.61 Å². The highest BCUT2D eigenvalue weighted by molar-refractivity contribution is 5.55. The molecule has 0 bridgehead atoms. The summed E-state index contributed by atoms with van der Waals surface area (Å²) in [6.07, 6.45) is 4.82. The quantitative estimate of drug-likeness (QED) is 0.521. The Bertz CT molecular complexity index is 754. The summed E-state index contributed by atoms with van der Waals surface area (Å²) >= 11 is 0. The van der Waals surface area contributed by atoms with Crippen LogP contribution in [0.25, 0.3) is 0 Å². The highest BCUT2D eigenvalue weighted by atomic mass is 16.5. The Morgan fingerprint density at radius 1 is 1.00 bits per heavy atom. The van der Waals surface area contributed by atoms with Crippen molar-refractivity contribution in [2.75, 3.05) is 24.6 Å². The number of para-hydroxylation sites is 1. The maximum absolute atomic E-state index is 10.9. The Kier molecular flexibility index (Phi) is 8.59. The van der Waals surface area contributed by atoms with Crippen molar-refractivity contribution in [2.24, 2.45) is 5.92 Å². The van der Waals surface area contributed by atoms with E-state index in [0.717, 1.165) is 30.8 Å². The summed E-state index contributed by atoms with van der Waals surface area (Å²) in [5, 5.41) is 14.4. The van der Waals surface area contributed by atoms with Gasteiger partial charge in [-0.1, -0.05) is 44.2 Å². The minimum Gasteiger partial charge on any atom is -0.494 e. The molecule has 2 atom stereocenters. The van der Waals surface area contributed by atoms with Crippen molar-refractivity contribution >= 4 is 5.69 Å². The molecule has 1 saturated heterocycles. The highest BCUT2D eigenvalue weighted by Gasteiger charge is 2.22. The number of hydrogen-bond acceptors (Lipinski definition) is 4. The van der Waals surface area contributed by atoms with Gasteiger partial charge >= 0.3 is 0 Å². The summed E-state index contributed by atoms with van der Waals surface area (Å²) in [6.45, 7) is 9.39. The number of aliphatic hydroxyl groups excluding tert-OH is 1. The second-order valence-corrected chi connectivity index (χ2v) is 8.75. The molecular formula is C26H38N2O2. The van der Waals surface area contributed by atoms with Crippen LogP contribution < -0.4 is 15.0 Å². The number of piperidine rings is 1. The topological polar surface area (TPSA) is 44.7 Å². The van der Waals surface area contributed by atoms with Gasteiger partial charge in [-0.3, -0.25) is 5.32 Å².